The Kier molecular flexibility index (Phi) is 7.40. The second kappa shape index (κ2) is 6.93. The Labute approximate surface area is 94.5 Å². The van der Waals surface area contributed by atoms with Crippen molar-refractivity contribution in [2.75, 3.05) is 11.4 Å². The Morgan fingerprint density at radius 2 is 1.73 bits per heavy atom. The lowest BCUT2D eigenvalue weighted by molar-refractivity contribution is 0.965. The van der Waals surface area contributed by atoms with E-state index in [1.165, 1.54) is 5.82 Å². The van der Waals surface area contributed by atoms with Gasteiger partial charge >= 0.3 is 0 Å². The van der Waals surface area contributed by atoms with Crippen molar-refractivity contribution >= 4 is 12.0 Å². The zero-order valence-electron chi connectivity index (χ0n) is 7.14. The highest BCUT2D eigenvalue weighted by atomic mass is 15.2. The highest BCUT2D eigenvalue weighted by Crippen LogP contribution is 2.17. The van der Waals surface area contributed by atoms with Gasteiger partial charge in [0.15, 0.2) is 0 Å². The smallest absolute Gasteiger partial charge is 0.116 e. The summed E-state index contributed by atoms with van der Waals surface area (Å²) < 4.78 is 2.11. The molecule has 0 spiro atoms. The first-order valence-electron chi connectivity index (χ1n) is 4.20. The van der Waals surface area contributed by atoms with Gasteiger partial charge in [0.25, 0.3) is 0 Å². The molecule has 2 heteroatoms. The van der Waals surface area contributed by atoms with Crippen LogP contribution in [0.3, 0.4) is 0 Å². The van der Waals surface area contributed by atoms with Crippen LogP contribution >= 0.6 is 0 Å². The molecule has 0 aliphatic carbocycles. The third-order valence-corrected chi connectivity index (χ3v) is 2.02. The molecule has 15 heavy (non-hydrogen) atoms. The molecule has 0 saturated carbocycles. The number of nitrogens with zero attached hydrogens (tertiary/aromatic N) is 2. The summed E-state index contributed by atoms with van der Waals surface area (Å²) in [4.78, 5) is 2.21. The van der Waals surface area contributed by atoms with Gasteiger partial charge < -0.3 is 9.47 Å². The molecule has 2 rings (SSSR count). The van der Waals surface area contributed by atoms with Crippen molar-refractivity contribution in [3.05, 3.63) is 36.7 Å². The van der Waals surface area contributed by atoms with Crippen LogP contribution in [0.15, 0.2) is 36.7 Å². The molecule has 1 aromatic heterocycles. The van der Waals surface area contributed by atoms with Crippen molar-refractivity contribution in [1.29, 1.82) is 0 Å². The van der Waals surface area contributed by atoms with Crippen LogP contribution in [-0.4, -0.2) is 11.1 Å². The van der Waals surface area contributed by atoms with Gasteiger partial charge in [-0.25, -0.2) is 0 Å². The van der Waals surface area contributed by atoms with E-state index in [1.807, 2.05) is 6.08 Å². The summed E-state index contributed by atoms with van der Waals surface area (Å²) in [5, 5.41) is 0. The summed E-state index contributed by atoms with van der Waals surface area (Å²) >= 11 is 0. The highest BCUT2D eigenvalue weighted by molar-refractivity contribution is 5.53. The molecule has 2 nitrogen and oxygen atoms in total. The fourth-order valence-corrected chi connectivity index (χ4v) is 1.39. The number of hydrogen-bond donors (Lipinski definition) is 0. The lowest BCUT2D eigenvalue weighted by Crippen LogP contribution is -2.16. The predicted molar refractivity (Wildman–Crippen MR) is 72.1 cm³/mol. The zero-order valence-corrected chi connectivity index (χ0v) is 7.14. The van der Waals surface area contributed by atoms with E-state index in [0.717, 1.165) is 6.54 Å². The molecule has 1 aliphatic rings. The van der Waals surface area contributed by atoms with E-state index in [9.17, 15) is 0 Å². The van der Waals surface area contributed by atoms with Gasteiger partial charge in [0.1, 0.15) is 5.82 Å². The largest absolute Gasteiger partial charge is 0.334 e. The first kappa shape index (κ1) is 16.0. The van der Waals surface area contributed by atoms with Gasteiger partial charge in [-0.05, 0) is 31.2 Å². The first-order valence-corrected chi connectivity index (χ1v) is 4.20. The van der Waals surface area contributed by atoms with E-state index in [0.29, 0.717) is 0 Å². The van der Waals surface area contributed by atoms with E-state index in [1.54, 1.807) is 0 Å². The molecule has 0 unspecified atom stereocenters. The van der Waals surface area contributed by atoms with E-state index in [-0.39, 0.29) is 22.3 Å². The molecule has 0 bridgehead atoms. The number of rotatable bonds is 1. The predicted octanol–water partition coefficient (Wildman–Crippen LogP) is 4.22. The average molecular weight is 208 g/mol. The quantitative estimate of drug-likeness (QED) is 0.671. The minimum atomic E-state index is 0. The van der Waals surface area contributed by atoms with E-state index >= 15 is 0 Å². The van der Waals surface area contributed by atoms with E-state index in [4.69, 9.17) is 0 Å². The van der Waals surface area contributed by atoms with Crippen molar-refractivity contribution in [2.45, 2.75) is 29.2 Å². The van der Waals surface area contributed by atoms with Crippen LogP contribution in [0.5, 0.6) is 0 Å². The number of aromatic nitrogens is 1. The lowest BCUT2D eigenvalue weighted by atomic mass is 10.5. The van der Waals surface area contributed by atoms with Crippen LogP contribution in [-0.2, 0) is 0 Å². The second-order valence-electron chi connectivity index (χ2n) is 2.74. The summed E-state index contributed by atoms with van der Waals surface area (Å²) in [5.41, 5.74) is 0. The average Bonchev–Trinajstić information content (AvgIpc) is 2.46. The Bertz CT molecular complexity index is 321. The van der Waals surface area contributed by atoms with Gasteiger partial charge in [-0.3, -0.25) is 0 Å². The fraction of sp³-hybridized carbons (Fsp3) is 0.385. The molecule has 0 aromatic carbocycles. The van der Waals surface area contributed by atoms with Gasteiger partial charge in [0.05, 0.1) is 0 Å². The van der Waals surface area contributed by atoms with Crippen LogP contribution in [0.1, 0.15) is 29.2 Å². The monoisotopic (exact) mass is 208 g/mol. The van der Waals surface area contributed by atoms with Crippen molar-refractivity contribution in [3.63, 3.8) is 0 Å². The Hall–Kier alpha value is -1.44. The summed E-state index contributed by atoms with van der Waals surface area (Å²) in [5.74, 6) is 1.22. The SMILES string of the molecule is C.C.C.CCN1C=CC=Cn2cccc21. The normalized spacial score (nSPS) is 11.7. The van der Waals surface area contributed by atoms with Crippen LogP contribution < -0.4 is 4.90 Å². The number of anilines is 1. The van der Waals surface area contributed by atoms with E-state index in [2.05, 4.69) is 53.2 Å². The standard InChI is InChI=1S/C10H12N2.3CH4/c1-2-11-7-3-4-8-12-9-5-6-10(11)12;;;/h3-9H,2H2,1H3;3*1H4. The summed E-state index contributed by atoms with van der Waals surface area (Å²) in [6.07, 6.45) is 10.3. The van der Waals surface area contributed by atoms with Crippen molar-refractivity contribution in [2.24, 2.45) is 0 Å². The van der Waals surface area contributed by atoms with Crippen molar-refractivity contribution in [1.82, 2.24) is 4.57 Å². The number of hydrogen-bond acceptors (Lipinski definition) is 1. The molecular formula is C13H24N2. The molecule has 0 fully saturated rings. The molecule has 0 N–H and O–H groups in total. The number of allylic oxidation sites excluding steroid dienone is 2. The lowest BCUT2D eigenvalue weighted by Gasteiger charge is -2.17. The van der Waals surface area contributed by atoms with Crippen LogP contribution in [0.4, 0.5) is 5.82 Å². The molecule has 1 aliphatic heterocycles. The zero-order chi connectivity index (χ0) is 8.39. The topological polar surface area (TPSA) is 8.17 Å². The maximum absolute atomic E-state index is 2.21. The molecule has 0 amide bonds. The Morgan fingerprint density at radius 3 is 2.40 bits per heavy atom. The minimum Gasteiger partial charge on any atom is -0.334 e. The Balaban J connectivity index is 0. The van der Waals surface area contributed by atoms with Crippen LogP contribution in [0.25, 0.3) is 6.20 Å². The van der Waals surface area contributed by atoms with Crippen molar-refractivity contribution < 1.29 is 0 Å². The maximum atomic E-state index is 2.21. The molecule has 0 radical (unpaired) electrons. The summed E-state index contributed by atoms with van der Waals surface area (Å²) in [6, 6.07) is 4.17. The van der Waals surface area contributed by atoms with Gasteiger partial charge in [-0.1, -0.05) is 22.3 Å². The fourth-order valence-electron chi connectivity index (χ4n) is 1.39. The molecule has 86 valence electrons. The molecule has 2 heterocycles. The first-order chi connectivity index (χ1) is 5.92. The van der Waals surface area contributed by atoms with Gasteiger partial charge in [0.2, 0.25) is 0 Å². The van der Waals surface area contributed by atoms with Crippen LogP contribution in [0.2, 0.25) is 0 Å². The summed E-state index contributed by atoms with van der Waals surface area (Å²) in [7, 11) is 0. The molecule has 0 atom stereocenters. The highest BCUT2D eigenvalue weighted by Gasteiger charge is 2.05. The van der Waals surface area contributed by atoms with E-state index < -0.39 is 0 Å². The minimum absolute atomic E-state index is 0. The summed E-state index contributed by atoms with van der Waals surface area (Å²) in [6.45, 7) is 3.15. The number of fused-ring (bicyclic) bond motifs is 1. The molecule has 0 saturated heterocycles. The van der Waals surface area contributed by atoms with Gasteiger partial charge in [-0.2, -0.15) is 0 Å². The third-order valence-electron chi connectivity index (χ3n) is 2.02. The molecule has 1 aromatic rings. The Morgan fingerprint density at radius 1 is 1.07 bits per heavy atom. The third kappa shape index (κ3) is 3.01. The van der Waals surface area contributed by atoms with Crippen LogP contribution in [0, 0.1) is 0 Å². The molecular weight excluding hydrogens is 184 g/mol. The second-order valence-corrected chi connectivity index (χ2v) is 2.74. The van der Waals surface area contributed by atoms with Gasteiger partial charge in [0, 0.05) is 25.1 Å². The maximum Gasteiger partial charge on any atom is 0.116 e. The van der Waals surface area contributed by atoms with Gasteiger partial charge in [-0.15, -0.1) is 0 Å². The van der Waals surface area contributed by atoms with Crippen molar-refractivity contribution in [3.8, 4) is 0 Å².